The second kappa shape index (κ2) is 6.07. The Kier molecular flexibility index (Phi) is 4.65. The van der Waals surface area contributed by atoms with E-state index in [4.69, 9.17) is 0 Å². The van der Waals surface area contributed by atoms with Crippen LogP contribution in [0, 0.1) is 0 Å². The zero-order valence-electron chi connectivity index (χ0n) is 9.80. The molecule has 1 aromatic heterocycles. The van der Waals surface area contributed by atoms with Gasteiger partial charge in [0.05, 0.1) is 5.56 Å². The third-order valence-electron chi connectivity index (χ3n) is 2.56. The highest BCUT2D eigenvalue weighted by atomic mass is 79.9. The van der Waals surface area contributed by atoms with E-state index in [1.165, 1.54) is 12.1 Å². The lowest BCUT2D eigenvalue weighted by Crippen LogP contribution is -2.16. The van der Waals surface area contributed by atoms with E-state index in [2.05, 4.69) is 21.2 Å². The molecule has 6 heteroatoms. The molecule has 1 N–H and O–H groups in total. The normalized spacial score (nSPS) is 11.8. The van der Waals surface area contributed by atoms with Crippen molar-refractivity contribution in [3.05, 3.63) is 56.2 Å². The predicted molar refractivity (Wildman–Crippen MR) is 74.0 cm³/mol. The number of hydrogen-bond acceptors (Lipinski definition) is 2. The largest absolute Gasteiger partial charge is 0.416 e. The molecule has 0 saturated carbocycles. The van der Waals surface area contributed by atoms with E-state index in [1.54, 1.807) is 17.4 Å². The molecule has 0 aliphatic heterocycles. The number of rotatable bonds is 4. The lowest BCUT2D eigenvalue weighted by atomic mass is 10.1. The maximum absolute atomic E-state index is 12.8. The van der Waals surface area contributed by atoms with Crippen molar-refractivity contribution < 1.29 is 13.2 Å². The number of thiophene rings is 1. The Balaban J connectivity index is 2.00. The number of alkyl halides is 3. The molecule has 0 bridgehead atoms. The third-order valence-corrected chi connectivity index (χ3v) is 4.26. The minimum Gasteiger partial charge on any atom is -0.308 e. The summed E-state index contributed by atoms with van der Waals surface area (Å²) in [5.74, 6) is 0. The van der Waals surface area contributed by atoms with Gasteiger partial charge in [0.25, 0.3) is 0 Å². The van der Waals surface area contributed by atoms with Crippen molar-refractivity contribution in [1.82, 2.24) is 5.32 Å². The van der Waals surface area contributed by atoms with Crippen molar-refractivity contribution in [3.63, 3.8) is 0 Å². The van der Waals surface area contributed by atoms with Gasteiger partial charge in [0.1, 0.15) is 0 Å². The molecule has 0 atom stereocenters. The van der Waals surface area contributed by atoms with Gasteiger partial charge >= 0.3 is 6.18 Å². The molecular formula is C13H11BrF3NS. The van der Waals surface area contributed by atoms with Crippen molar-refractivity contribution in [2.75, 3.05) is 0 Å². The lowest BCUT2D eigenvalue weighted by molar-refractivity contribution is -0.138. The fourth-order valence-electron chi connectivity index (χ4n) is 1.72. The Morgan fingerprint density at radius 3 is 2.53 bits per heavy atom. The van der Waals surface area contributed by atoms with Crippen LogP contribution in [0.1, 0.15) is 16.0 Å². The molecule has 0 radical (unpaired) electrons. The molecule has 2 aromatic rings. The van der Waals surface area contributed by atoms with Crippen LogP contribution >= 0.6 is 27.3 Å². The Bertz CT molecular complexity index is 551. The van der Waals surface area contributed by atoms with Crippen LogP contribution in [-0.4, -0.2) is 0 Å². The van der Waals surface area contributed by atoms with Crippen LogP contribution in [0.4, 0.5) is 13.2 Å². The van der Waals surface area contributed by atoms with Crippen molar-refractivity contribution in [1.29, 1.82) is 0 Å². The summed E-state index contributed by atoms with van der Waals surface area (Å²) in [6, 6.07) is 7.59. The molecule has 2 rings (SSSR count). The molecule has 0 saturated heterocycles. The number of benzene rings is 1. The summed E-state index contributed by atoms with van der Waals surface area (Å²) in [5.41, 5.74) is -0.305. The minimum absolute atomic E-state index is 0.200. The van der Waals surface area contributed by atoms with Gasteiger partial charge in [-0.2, -0.15) is 13.2 Å². The van der Waals surface area contributed by atoms with Crippen molar-refractivity contribution in [2.24, 2.45) is 0 Å². The SMILES string of the molecule is FC(F)(F)c1ccccc1CNCc1cc(Br)cs1. The van der Waals surface area contributed by atoms with Crippen LogP contribution in [0.15, 0.2) is 40.2 Å². The van der Waals surface area contributed by atoms with Gasteiger partial charge in [-0.05, 0) is 33.6 Å². The van der Waals surface area contributed by atoms with Crippen LogP contribution in [0.25, 0.3) is 0 Å². The summed E-state index contributed by atoms with van der Waals surface area (Å²) in [5, 5.41) is 4.98. The summed E-state index contributed by atoms with van der Waals surface area (Å²) >= 11 is 4.90. The first-order valence-corrected chi connectivity index (χ1v) is 7.23. The second-order valence-corrected chi connectivity index (χ2v) is 5.90. The Labute approximate surface area is 121 Å². The highest BCUT2D eigenvalue weighted by Crippen LogP contribution is 2.31. The Morgan fingerprint density at radius 1 is 1.16 bits per heavy atom. The van der Waals surface area contributed by atoms with Crippen LogP contribution in [-0.2, 0) is 19.3 Å². The van der Waals surface area contributed by atoms with Crippen LogP contribution in [0.5, 0.6) is 0 Å². The zero-order valence-corrected chi connectivity index (χ0v) is 12.2. The van der Waals surface area contributed by atoms with Crippen LogP contribution < -0.4 is 5.32 Å². The number of nitrogens with one attached hydrogen (secondary N) is 1. The first kappa shape index (κ1) is 14.6. The van der Waals surface area contributed by atoms with Crippen molar-refractivity contribution in [2.45, 2.75) is 19.3 Å². The maximum Gasteiger partial charge on any atom is 0.416 e. The summed E-state index contributed by atoms with van der Waals surface area (Å²) in [7, 11) is 0. The summed E-state index contributed by atoms with van der Waals surface area (Å²) in [4.78, 5) is 1.08. The van der Waals surface area contributed by atoms with E-state index < -0.39 is 11.7 Å². The Hall–Kier alpha value is -0.850. The van der Waals surface area contributed by atoms with E-state index in [0.29, 0.717) is 6.54 Å². The molecule has 0 fully saturated rings. The highest BCUT2D eigenvalue weighted by Gasteiger charge is 2.32. The van der Waals surface area contributed by atoms with Gasteiger partial charge < -0.3 is 5.32 Å². The van der Waals surface area contributed by atoms with E-state index in [-0.39, 0.29) is 12.1 Å². The molecule has 0 amide bonds. The fourth-order valence-corrected chi connectivity index (χ4v) is 3.14. The highest BCUT2D eigenvalue weighted by molar-refractivity contribution is 9.10. The van der Waals surface area contributed by atoms with Gasteiger partial charge in [0.2, 0.25) is 0 Å². The number of hydrogen-bond donors (Lipinski definition) is 1. The van der Waals surface area contributed by atoms with Crippen molar-refractivity contribution >= 4 is 27.3 Å². The Morgan fingerprint density at radius 2 is 1.89 bits per heavy atom. The van der Waals surface area contributed by atoms with Gasteiger partial charge in [0.15, 0.2) is 0 Å². The monoisotopic (exact) mass is 349 g/mol. The predicted octanol–water partition coefficient (Wildman–Crippen LogP) is 4.82. The average Bonchev–Trinajstić information content (AvgIpc) is 2.74. The molecule has 1 aromatic carbocycles. The molecule has 102 valence electrons. The molecular weight excluding hydrogens is 339 g/mol. The zero-order chi connectivity index (χ0) is 13.9. The molecule has 0 aliphatic carbocycles. The molecule has 0 spiro atoms. The van der Waals surface area contributed by atoms with Gasteiger partial charge in [0, 0.05) is 27.8 Å². The van der Waals surface area contributed by atoms with E-state index in [9.17, 15) is 13.2 Å². The number of halogens is 4. The second-order valence-electron chi connectivity index (χ2n) is 3.99. The summed E-state index contributed by atoms with van der Waals surface area (Å²) < 4.78 is 39.3. The first-order valence-electron chi connectivity index (χ1n) is 5.55. The molecule has 1 nitrogen and oxygen atoms in total. The smallest absolute Gasteiger partial charge is 0.308 e. The first-order chi connectivity index (χ1) is 8.97. The van der Waals surface area contributed by atoms with E-state index >= 15 is 0 Å². The van der Waals surface area contributed by atoms with E-state index in [1.807, 2.05) is 11.4 Å². The lowest BCUT2D eigenvalue weighted by Gasteiger charge is -2.12. The van der Waals surface area contributed by atoms with Crippen molar-refractivity contribution in [3.8, 4) is 0 Å². The van der Waals surface area contributed by atoms with Gasteiger partial charge in [-0.3, -0.25) is 0 Å². The topological polar surface area (TPSA) is 12.0 Å². The fraction of sp³-hybridized carbons (Fsp3) is 0.231. The quantitative estimate of drug-likeness (QED) is 0.834. The molecule has 0 aliphatic rings. The van der Waals surface area contributed by atoms with Crippen LogP contribution in [0.2, 0.25) is 0 Å². The summed E-state index contributed by atoms with van der Waals surface area (Å²) in [6.45, 7) is 0.758. The molecule has 1 heterocycles. The third kappa shape index (κ3) is 4.06. The van der Waals surface area contributed by atoms with E-state index in [0.717, 1.165) is 15.4 Å². The summed E-state index contributed by atoms with van der Waals surface area (Å²) in [6.07, 6.45) is -4.30. The molecule has 19 heavy (non-hydrogen) atoms. The van der Waals surface area contributed by atoms with Gasteiger partial charge in [-0.25, -0.2) is 0 Å². The standard InChI is InChI=1S/C13H11BrF3NS/c14-10-5-11(19-8-10)7-18-6-9-3-1-2-4-12(9)13(15,16)17/h1-5,8,18H,6-7H2. The van der Waals surface area contributed by atoms with Gasteiger partial charge in [-0.1, -0.05) is 18.2 Å². The van der Waals surface area contributed by atoms with Gasteiger partial charge in [-0.15, -0.1) is 11.3 Å². The maximum atomic E-state index is 12.8. The minimum atomic E-state index is -4.30. The van der Waals surface area contributed by atoms with Crippen LogP contribution in [0.3, 0.4) is 0 Å². The average molecular weight is 350 g/mol. The molecule has 0 unspecified atom stereocenters.